The van der Waals surface area contributed by atoms with Crippen LogP contribution in [0.3, 0.4) is 0 Å². The van der Waals surface area contributed by atoms with Crippen molar-refractivity contribution in [3.05, 3.63) is 121 Å². The Kier molecular flexibility index (Phi) is 5.62. The maximum Gasteiger partial charge on any atom is 0.0531 e. The number of fused-ring (bicyclic) bond motifs is 1. The van der Waals surface area contributed by atoms with Crippen LogP contribution >= 0.6 is 0 Å². The van der Waals surface area contributed by atoms with Crippen molar-refractivity contribution in [3.63, 3.8) is 0 Å². The van der Waals surface area contributed by atoms with Gasteiger partial charge in [0.2, 0.25) is 0 Å². The molecular weight excluding hydrogens is 414 g/mol. The molecule has 1 saturated heterocycles. The third kappa shape index (κ3) is 4.11. The summed E-state index contributed by atoms with van der Waals surface area (Å²) < 4.78 is 2.35. The predicted octanol–water partition coefficient (Wildman–Crippen LogP) is 6.62. The van der Waals surface area contributed by atoms with Crippen LogP contribution in [-0.4, -0.2) is 35.6 Å². The molecule has 34 heavy (non-hydrogen) atoms. The lowest BCUT2D eigenvalue weighted by molar-refractivity contribution is 0.250. The fourth-order valence-corrected chi connectivity index (χ4v) is 5.08. The summed E-state index contributed by atoms with van der Waals surface area (Å²) in [7, 11) is 0. The summed E-state index contributed by atoms with van der Waals surface area (Å²) in [6, 6.07) is 39.0. The van der Waals surface area contributed by atoms with Crippen LogP contribution in [0, 0.1) is 0 Å². The zero-order valence-electron chi connectivity index (χ0n) is 19.3. The van der Waals surface area contributed by atoms with Crippen molar-refractivity contribution in [2.24, 2.45) is 0 Å². The minimum absolute atomic E-state index is 0.984. The second-order valence-electron chi connectivity index (χ2n) is 9.05. The van der Waals surface area contributed by atoms with E-state index in [2.05, 4.69) is 130 Å². The second-order valence-corrected chi connectivity index (χ2v) is 9.05. The number of aromatic nitrogens is 1. The first-order valence-corrected chi connectivity index (χ1v) is 12.1. The van der Waals surface area contributed by atoms with Crippen molar-refractivity contribution >= 4 is 16.6 Å². The summed E-state index contributed by atoms with van der Waals surface area (Å²) in [6.45, 7) is 5.30. The van der Waals surface area contributed by atoms with Gasteiger partial charge in [-0.2, -0.15) is 0 Å². The van der Waals surface area contributed by atoms with Gasteiger partial charge in [-0.15, -0.1) is 0 Å². The Morgan fingerprint density at radius 3 is 1.88 bits per heavy atom. The van der Waals surface area contributed by atoms with Gasteiger partial charge in [0.15, 0.2) is 0 Å². The predicted molar refractivity (Wildman–Crippen MR) is 143 cm³/mol. The Bertz CT molecular complexity index is 1360. The average Bonchev–Trinajstić information content (AvgIpc) is 3.28. The van der Waals surface area contributed by atoms with E-state index < -0.39 is 0 Å². The molecule has 2 heterocycles. The maximum atomic E-state index is 2.59. The highest BCUT2D eigenvalue weighted by atomic mass is 15.3. The summed E-state index contributed by atoms with van der Waals surface area (Å²) in [5, 5.41) is 1.35. The van der Waals surface area contributed by atoms with E-state index in [-0.39, 0.29) is 0 Å². The molecule has 168 valence electrons. The zero-order chi connectivity index (χ0) is 22.7. The number of hydrogen-bond donors (Lipinski definition) is 0. The van der Waals surface area contributed by atoms with Crippen LogP contribution in [0.1, 0.15) is 5.56 Å². The highest BCUT2D eigenvalue weighted by molar-refractivity contribution is 5.85. The molecule has 4 aromatic carbocycles. The Morgan fingerprint density at radius 1 is 0.529 bits per heavy atom. The van der Waals surface area contributed by atoms with E-state index in [0.717, 1.165) is 32.7 Å². The quantitative estimate of drug-likeness (QED) is 0.302. The number of anilines is 1. The lowest BCUT2D eigenvalue weighted by Crippen LogP contribution is -2.45. The molecule has 3 heteroatoms. The van der Waals surface area contributed by atoms with Crippen molar-refractivity contribution < 1.29 is 0 Å². The maximum absolute atomic E-state index is 2.59. The van der Waals surface area contributed by atoms with Gasteiger partial charge in [0.1, 0.15) is 0 Å². The largest absolute Gasteiger partial charge is 0.369 e. The first kappa shape index (κ1) is 20.8. The normalized spacial score (nSPS) is 14.5. The second kappa shape index (κ2) is 9.20. The summed E-state index contributed by atoms with van der Waals surface area (Å²) in [4.78, 5) is 5.08. The first-order valence-electron chi connectivity index (χ1n) is 12.1. The summed E-state index contributed by atoms with van der Waals surface area (Å²) in [6.07, 6.45) is 2.34. The third-order valence-corrected chi connectivity index (χ3v) is 6.93. The highest BCUT2D eigenvalue weighted by Crippen LogP contribution is 2.28. The SMILES string of the molecule is c1ccc(-c2ccc(-n3cc(CN4CCN(c5ccccc5)CC4)c4ccccc43)cc2)cc1. The van der Waals surface area contributed by atoms with Gasteiger partial charge in [0, 0.05) is 55.7 Å². The van der Waals surface area contributed by atoms with Gasteiger partial charge in [-0.25, -0.2) is 0 Å². The molecule has 5 aromatic rings. The summed E-state index contributed by atoms with van der Waals surface area (Å²) in [5.74, 6) is 0. The number of piperazine rings is 1. The molecular formula is C31H29N3. The van der Waals surface area contributed by atoms with E-state index in [1.54, 1.807) is 0 Å². The molecule has 0 N–H and O–H groups in total. The molecule has 0 atom stereocenters. The lowest BCUT2D eigenvalue weighted by atomic mass is 10.1. The van der Waals surface area contributed by atoms with Gasteiger partial charge in [-0.05, 0) is 47.0 Å². The molecule has 0 saturated carbocycles. The van der Waals surface area contributed by atoms with Crippen LogP contribution in [0.5, 0.6) is 0 Å². The van der Waals surface area contributed by atoms with Gasteiger partial charge in [-0.1, -0.05) is 78.9 Å². The molecule has 1 aromatic heterocycles. The zero-order valence-corrected chi connectivity index (χ0v) is 19.3. The van der Waals surface area contributed by atoms with Crippen molar-refractivity contribution in [2.75, 3.05) is 31.1 Å². The smallest absolute Gasteiger partial charge is 0.0531 e. The molecule has 1 fully saturated rings. The molecule has 0 amide bonds. The van der Waals surface area contributed by atoms with E-state index in [1.165, 1.54) is 39.0 Å². The van der Waals surface area contributed by atoms with E-state index in [4.69, 9.17) is 0 Å². The van der Waals surface area contributed by atoms with Crippen molar-refractivity contribution in [1.29, 1.82) is 0 Å². The molecule has 0 spiro atoms. The lowest BCUT2D eigenvalue weighted by Gasteiger charge is -2.36. The molecule has 1 aliphatic rings. The molecule has 3 nitrogen and oxygen atoms in total. The molecule has 0 bridgehead atoms. The Balaban J connectivity index is 1.23. The van der Waals surface area contributed by atoms with Crippen LogP contribution in [-0.2, 0) is 6.54 Å². The third-order valence-electron chi connectivity index (χ3n) is 6.93. The van der Waals surface area contributed by atoms with Crippen LogP contribution in [0.4, 0.5) is 5.69 Å². The van der Waals surface area contributed by atoms with E-state index in [1.807, 2.05) is 0 Å². The van der Waals surface area contributed by atoms with E-state index in [0.29, 0.717) is 0 Å². The van der Waals surface area contributed by atoms with E-state index >= 15 is 0 Å². The molecule has 0 radical (unpaired) electrons. The Hall–Kier alpha value is -3.82. The Labute approximate surface area is 201 Å². The number of rotatable bonds is 5. The minimum Gasteiger partial charge on any atom is -0.369 e. The highest BCUT2D eigenvalue weighted by Gasteiger charge is 2.19. The minimum atomic E-state index is 0.984. The van der Waals surface area contributed by atoms with Gasteiger partial charge in [0.25, 0.3) is 0 Å². The Morgan fingerprint density at radius 2 is 1.15 bits per heavy atom. The molecule has 0 aliphatic carbocycles. The number of nitrogens with zero attached hydrogens (tertiary/aromatic N) is 3. The monoisotopic (exact) mass is 443 g/mol. The van der Waals surface area contributed by atoms with Crippen molar-refractivity contribution in [3.8, 4) is 16.8 Å². The van der Waals surface area contributed by atoms with Gasteiger partial charge in [-0.3, -0.25) is 4.90 Å². The molecule has 1 aliphatic heterocycles. The van der Waals surface area contributed by atoms with Crippen LogP contribution < -0.4 is 4.90 Å². The number of benzene rings is 4. The summed E-state index contributed by atoms with van der Waals surface area (Å²) in [5.41, 5.74) is 7.71. The van der Waals surface area contributed by atoms with Crippen LogP contribution in [0.2, 0.25) is 0 Å². The number of para-hydroxylation sites is 2. The standard InChI is InChI=1S/C31H29N3/c1-3-9-25(10-4-1)26-15-17-29(18-16-26)34-24-27(30-13-7-8-14-31(30)34)23-32-19-21-33(22-20-32)28-11-5-2-6-12-28/h1-18,24H,19-23H2. The topological polar surface area (TPSA) is 11.4 Å². The van der Waals surface area contributed by atoms with Crippen LogP contribution in [0.15, 0.2) is 115 Å². The van der Waals surface area contributed by atoms with Crippen molar-refractivity contribution in [2.45, 2.75) is 6.54 Å². The van der Waals surface area contributed by atoms with Gasteiger partial charge < -0.3 is 9.47 Å². The van der Waals surface area contributed by atoms with Crippen LogP contribution in [0.25, 0.3) is 27.7 Å². The van der Waals surface area contributed by atoms with E-state index in [9.17, 15) is 0 Å². The van der Waals surface area contributed by atoms with Gasteiger partial charge in [0.05, 0.1) is 5.52 Å². The van der Waals surface area contributed by atoms with Gasteiger partial charge >= 0.3 is 0 Å². The fourth-order valence-electron chi connectivity index (χ4n) is 5.08. The summed E-state index contributed by atoms with van der Waals surface area (Å²) >= 11 is 0. The molecule has 0 unspecified atom stereocenters. The first-order chi connectivity index (χ1) is 16.8. The fraction of sp³-hybridized carbons (Fsp3) is 0.161. The molecule has 6 rings (SSSR count). The average molecular weight is 444 g/mol. The number of hydrogen-bond acceptors (Lipinski definition) is 2. The van der Waals surface area contributed by atoms with Crippen molar-refractivity contribution in [1.82, 2.24) is 9.47 Å².